The summed E-state index contributed by atoms with van der Waals surface area (Å²) in [5.74, 6) is 0.615. The van der Waals surface area contributed by atoms with Crippen LogP contribution in [0.4, 0.5) is 0 Å². The fourth-order valence-corrected chi connectivity index (χ4v) is 3.18. The largest absolute Gasteiger partial charge is 0.312 e. The number of carbonyl (C=O) groups is 2. The van der Waals surface area contributed by atoms with Crippen molar-refractivity contribution in [1.29, 1.82) is 0 Å². The van der Waals surface area contributed by atoms with Crippen molar-refractivity contribution >= 4 is 11.6 Å². The molecule has 0 aliphatic heterocycles. The van der Waals surface area contributed by atoms with E-state index in [-0.39, 0.29) is 0 Å². The van der Waals surface area contributed by atoms with Crippen molar-refractivity contribution in [1.82, 2.24) is 10.6 Å². The Morgan fingerprint density at radius 1 is 0.552 bits per heavy atom. The first-order chi connectivity index (χ1) is 14.2. The second kappa shape index (κ2) is 14.7. The van der Waals surface area contributed by atoms with E-state index >= 15 is 0 Å². The van der Waals surface area contributed by atoms with Crippen LogP contribution < -0.4 is 10.6 Å². The predicted octanol–water partition coefficient (Wildman–Crippen LogP) is 4.43. The second-order valence-electron chi connectivity index (χ2n) is 7.46. The van der Waals surface area contributed by atoms with Gasteiger partial charge in [-0.25, -0.2) is 0 Å². The van der Waals surface area contributed by atoms with Crippen molar-refractivity contribution in [3.8, 4) is 0 Å². The summed E-state index contributed by atoms with van der Waals surface area (Å²) in [5, 5.41) is 6.62. The highest BCUT2D eigenvalue weighted by atomic mass is 16.1. The topological polar surface area (TPSA) is 58.2 Å². The number of Topliss-reactive ketones (excluding diaryl/α,β-unsaturated/α-hetero) is 2. The summed E-state index contributed by atoms with van der Waals surface area (Å²) in [4.78, 5) is 23.9. The molecule has 2 rings (SSSR count). The van der Waals surface area contributed by atoms with Gasteiger partial charge in [0, 0.05) is 51.9 Å². The molecule has 0 atom stereocenters. The molecule has 0 amide bonds. The molecular weight excluding hydrogens is 360 g/mol. The van der Waals surface area contributed by atoms with Crippen LogP contribution in [0.2, 0.25) is 0 Å². The maximum absolute atomic E-state index is 11.9. The van der Waals surface area contributed by atoms with Crippen molar-refractivity contribution in [3.05, 3.63) is 71.8 Å². The number of carbonyl (C=O) groups excluding carboxylic acids is 2. The number of hydrogen-bond acceptors (Lipinski definition) is 4. The quantitative estimate of drug-likeness (QED) is 0.413. The molecule has 0 heterocycles. The van der Waals surface area contributed by atoms with E-state index in [0.29, 0.717) is 37.2 Å². The van der Waals surface area contributed by atoms with Crippen LogP contribution >= 0.6 is 0 Å². The van der Waals surface area contributed by atoms with E-state index in [1.54, 1.807) is 0 Å². The average molecular weight is 395 g/mol. The van der Waals surface area contributed by atoms with E-state index < -0.39 is 0 Å². The molecule has 0 radical (unpaired) electrons. The molecule has 2 aromatic carbocycles. The summed E-state index contributed by atoms with van der Waals surface area (Å²) < 4.78 is 0. The van der Waals surface area contributed by atoms with Gasteiger partial charge in [0.1, 0.15) is 11.6 Å². The fourth-order valence-electron chi connectivity index (χ4n) is 3.18. The Kier molecular flexibility index (Phi) is 11.6. The van der Waals surface area contributed by atoms with Crippen molar-refractivity contribution in [2.45, 2.75) is 58.0 Å². The van der Waals surface area contributed by atoms with Crippen LogP contribution in [0.1, 0.15) is 56.1 Å². The van der Waals surface area contributed by atoms with Crippen LogP contribution in [0.5, 0.6) is 0 Å². The van der Waals surface area contributed by atoms with Gasteiger partial charge in [0.2, 0.25) is 0 Å². The lowest BCUT2D eigenvalue weighted by atomic mass is 10.1. The van der Waals surface area contributed by atoms with Crippen LogP contribution in [0.3, 0.4) is 0 Å². The van der Waals surface area contributed by atoms with Crippen molar-refractivity contribution in [3.63, 3.8) is 0 Å². The van der Waals surface area contributed by atoms with Gasteiger partial charge < -0.3 is 10.6 Å². The Bertz CT molecular complexity index is 640. The van der Waals surface area contributed by atoms with Gasteiger partial charge in [-0.2, -0.15) is 0 Å². The van der Waals surface area contributed by atoms with Gasteiger partial charge in [-0.3, -0.25) is 9.59 Å². The molecular formula is C25H34N2O2. The van der Waals surface area contributed by atoms with Crippen molar-refractivity contribution in [2.24, 2.45) is 0 Å². The van der Waals surface area contributed by atoms with Crippen LogP contribution in [-0.2, 0) is 22.7 Å². The zero-order chi connectivity index (χ0) is 20.6. The lowest BCUT2D eigenvalue weighted by Gasteiger charge is -2.06. The van der Waals surface area contributed by atoms with Crippen LogP contribution in [0.25, 0.3) is 0 Å². The van der Waals surface area contributed by atoms with E-state index in [9.17, 15) is 9.59 Å². The van der Waals surface area contributed by atoms with Crippen molar-refractivity contribution in [2.75, 3.05) is 13.1 Å². The molecule has 0 aliphatic carbocycles. The van der Waals surface area contributed by atoms with E-state index in [0.717, 1.165) is 45.4 Å². The number of ketones is 2. The minimum atomic E-state index is 0.307. The van der Waals surface area contributed by atoms with Gasteiger partial charge >= 0.3 is 0 Å². The van der Waals surface area contributed by atoms with E-state index in [1.807, 2.05) is 36.4 Å². The highest BCUT2D eigenvalue weighted by molar-refractivity contribution is 5.79. The Morgan fingerprint density at radius 2 is 0.966 bits per heavy atom. The molecule has 0 bridgehead atoms. The molecule has 0 saturated carbocycles. The van der Waals surface area contributed by atoms with E-state index in [1.165, 1.54) is 11.1 Å². The van der Waals surface area contributed by atoms with Crippen LogP contribution in [-0.4, -0.2) is 24.7 Å². The third-order valence-electron chi connectivity index (χ3n) is 4.92. The zero-order valence-electron chi connectivity index (χ0n) is 17.4. The molecule has 0 fully saturated rings. The molecule has 156 valence electrons. The Balaban J connectivity index is 1.38. The van der Waals surface area contributed by atoms with E-state index in [4.69, 9.17) is 0 Å². The normalized spacial score (nSPS) is 10.8. The molecule has 4 nitrogen and oxygen atoms in total. The van der Waals surface area contributed by atoms with Crippen LogP contribution in [0.15, 0.2) is 60.7 Å². The molecule has 2 aromatic rings. The molecule has 0 aromatic heterocycles. The fraction of sp³-hybridized carbons (Fsp3) is 0.440. The maximum Gasteiger partial charge on any atom is 0.134 e. The van der Waals surface area contributed by atoms with Gasteiger partial charge in [-0.05, 0) is 24.0 Å². The minimum Gasteiger partial charge on any atom is -0.312 e. The first kappa shape index (κ1) is 23.0. The minimum absolute atomic E-state index is 0.307. The molecule has 2 N–H and O–H groups in total. The van der Waals surface area contributed by atoms with Gasteiger partial charge in [0.05, 0.1) is 0 Å². The highest BCUT2D eigenvalue weighted by Crippen LogP contribution is 2.07. The summed E-state index contributed by atoms with van der Waals surface area (Å²) in [6.07, 6.45) is 5.14. The molecule has 0 saturated heterocycles. The number of unbranched alkanes of at least 4 members (excludes halogenated alkanes) is 2. The first-order valence-electron chi connectivity index (χ1n) is 10.8. The second-order valence-corrected chi connectivity index (χ2v) is 7.46. The van der Waals surface area contributed by atoms with Gasteiger partial charge in [-0.1, -0.05) is 67.1 Å². The molecule has 4 heteroatoms. The summed E-state index contributed by atoms with van der Waals surface area (Å²) in [7, 11) is 0. The zero-order valence-corrected chi connectivity index (χ0v) is 17.4. The first-order valence-corrected chi connectivity index (χ1v) is 10.8. The molecule has 0 unspecified atom stereocenters. The summed E-state index contributed by atoms with van der Waals surface area (Å²) in [5.41, 5.74) is 2.47. The third-order valence-corrected chi connectivity index (χ3v) is 4.92. The maximum atomic E-state index is 11.9. The summed E-state index contributed by atoms with van der Waals surface area (Å²) in [6, 6.07) is 20.4. The Labute approximate surface area is 175 Å². The van der Waals surface area contributed by atoms with Gasteiger partial charge in [0.15, 0.2) is 0 Å². The highest BCUT2D eigenvalue weighted by Gasteiger charge is 2.04. The molecule has 29 heavy (non-hydrogen) atoms. The summed E-state index contributed by atoms with van der Waals surface area (Å²) >= 11 is 0. The smallest absolute Gasteiger partial charge is 0.134 e. The Hall–Kier alpha value is -2.30. The van der Waals surface area contributed by atoms with E-state index in [2.05, 4.69) is 34.9 Å². The molecule has 0 aliphatic rings. The number of benzene rings is 2. The summed E-state index contributed by atoms with van der Waals surface area (Å²) in [6.45, 7) is 3.05. The SMILES string of the molecule is O=C(CCCCCC(=O)CCNCc1ccccc1)CCNCc1ccccc1. The van der Waals surface area contributed by atoms with Crippen LogP contribution in [0, 0.1) is 0 Å². The number of nitrogens with one attached hydrogen (secondary N) is 2. The standard InChI is InChI=1S/C25H34N2O2/c28-24(16-18-26-20-22-10-4-1-5-11-22)14-8-3-9-15-25(29)17-19-27-21-23-12-6-2-7-13-23/h1-2,4-7,10-13,26-27H,3,8-9,14-21H2. The van der Waals surface area contributed by atoms with Gasteiger partial charge in [0.25, 0.3) is 0 Å². The number of hydrogen-bond donors (Lipinski definition) is 2. The number of rotatable bonds is 16. The third kappa shape index (κ3) is 11.3. The lowest BCUT2D eigenvalue weighted by Crippen LogP contribution is -2.18. The van der Waals surface area contributed by atoms with Gasteiger partial charge in [-0.15, -0.1) is 0 Å². The Morgan fingerprint density at radius 3 is 1.38 bits per heavy atom. The lowest BCUT2D eigenvalue weighted by molar-refractivity contribution is -0.119. The van der Waals surface area contributed by atoms with Crippen molar-refractivity contribution < 1.29 is 9.59 Å². The monoisotopic (exact) mass is 394 g/mol. The molecule has 0 spiro atoms. The average Bonchev–Trinajstić information content (AvgIpc) is 2.75. The predicted molar refractivity (Wildman–Crippen MR) is 119 cm³/mol.